The van der Waals surface area contributed by atoms with Crippen molar-refractivity contribution in [1.29, 1.82) is 0 Å². The highest BCUT2D eigenvalue weighted by molar-refractivity contribution is 7.98. The van der Waals surface area contributed by atoms with Gasteiger partial charge in [-0.3, -0.25) is 0 Å². The van der Waals surface area contributed by atoms with Gasteiger partial charge in [-0.15, -0.1) is 10.2 Å². The molecule has 0 saturated heterocycles. The number of rotatable bonds is 5. The summed E-state index contributed by atoms with van der Waals surface area (Å²) in [6, 6.07) is 12.9. The summed E-state index contributed by atoms with van der Waals surface area (Å²) in [6.07, 6.45) is 0. The van der Waals surface area contributed by atoms with Crippen LogP contribution in [-0.2, 0) is 5.75 Å². The second-order valence-corrected chi connectivity index (χ2v) is 7.34. The number of methoxy groups -OCH3 is 1. The quantitative estimate of drug-likeness (QED) is 0.357. The van der Waals surface area contributed by atoms with Crippen molar-refractivity contribution < 1.29 is 13.6 Å². The van der Waals surface area contributed by atoms with Gasteiger partial charge in [0.15, 0.2) is 0 Å². The smallest absolute Gasteiger partial charge is 0.336 e. The van der Waals surface area contributed by atoms with E-state index >= 15 is 0 Å². The van der Waals surface area contributed by atoms with Crippen LogP contribution in [-0.4, -0.2) is 17.3 Å². The molecule has 6 nitrogen and oxygen atoms in total. The molecule has 0 radical (unpaired) electrons. The Morgan fingerprint density at radius 1 is 1.00 bits per heavy atom. The third-order valence-electron chi connectivity index (χ3n) is 4.54. The maximum absolute atomic E-state index is 11.9. The summed E-state index contributed by atoms with van der Waals surface area (Å²) in [4.78, 5) is 11.9. The molecule has 7 heteroatoms. The number of ether oxygens (including phenoxy) is 1. The normalized spacial score (nSPS) is 11.1. The van der Waals surface area contributed by atoms with Gasteiger partial charge < -0.3 is 13.6 Å². The van der Waals surface area contributed by atoms with E-state index in [4.69, 9.17) is 13.6 Å². The second kappa shape index (κ2) is 7.52. The molecule has 0 N–H and O–H groups in total. The fraction of sp³-hybridized carbons (Fsp3) is 0.190. The van der Waals surface area contributed by atoms with Gasteiger partial charge in [0.25, 0.3) is 5.22 Å². The number of hydrogen-bond donors (Lipinski definition) is 0. The van der Waals surface area contributed by atoms with E-state index in [0.717, 1.165) is 33.4 Å². The molecule has 4 rings (SSSR count). The lowest BCUT2D eigenvalue weighted by molar-refractivity contribution is 0.414. The lowest BCUT2D eigenvalue weighted by Gasteiger charge is -2.07. The van der Waals surface area contributed by atoms with Gasteiger partial charge in [0.1, 0.15) is 11.3 Å². The zero-order valence-corrected chi connectivity index (χ0v) is 16.5. The maximum atomic E-state index is 11.9. The highest BCUT2D eigenvalue weighted by Crippen LogP contribution is 2.29. The van der Waals surface area contributed by atoms with E-state index in [0.29, 0.717) is 22.4 Å². The number of aryl methyl sites for hydroxylation is 2. The Hall–Kier alpha value is -3.06. The first-order chi connectivity index (χ1) is 13.5. The van der Waals surface area contributed by atoms with Gasteiger partial charge in [0, 0.05) is 22.8 Å². The van der Waals surface area contributed by atoms with Crippen LogP contribution in [0, 0.1) is 13.8 Å². The van der Waals surface area contributed by atoms with E-state index in [2.05, 4.69) is 10.2 Å². The van der Waals surface area contributed by atoms with Crippen LogP contribution in [0.25, 0.3) is 22.4 Å². The average molecular weight is 394 g/mol. The van der Waals surface area contributed by atoms with E-state index in [1.807, 2.05) is 50.2 Å². The number of fused-ring (bicyclic) bond motifs is 1. The molecule has 142 valence electrons. The van der Waals surface area contributed by atoms with Crippen LogP contribution in [0.5, 0.6) is 5.75 Å². The summed E-state index contributed by atoms with van der Waals surface area (Å²) in [5, 5.41) is 9.56. The van der Waals surface area contributed by atoms with Crippen LogP contribution in [0.4, 0.5) is 0 Å². The Morgan fingerprint density at radius 2 is 1.75 bits per heavy atom. The topological polar surface area (TPSA) is 78.4 Å². The van der Waals surface area contributed by atoms with Crippen molar-refractivity contribution in [2.24, 2.45) is 0 Å². The van der Waals surface area contributed by atoms with Crippen molar-refractivity contribution in [1.82, 2.24) is 10.2 Å². The van der Waals surface area contributed by atoms with Crippen molar-refractivity contribution in [3.8, 4) is 17.2 Å². The number of benzene rings is 2. The Bertz CT molecular complexity index is 1200. The largest absolute Gasteiger partial charge is 0.497 e. The Kier molecular flexibility index (Phi) is 4.92. The Balaban J connectivity index is 1.57. The van der Waals surface area contributed by atoms with Crippen molar-refractivity contribution in [3.63, 3.8) is 0 Å². The van der Waals surface area contributed by atoms with Crippen LogP contribution >= 0.6 is 11.8 Å². The van der Waals surface area contributed by atoms with E-state index in [9.17, 15) is 4.79 Å². The second-order valence-electron chi connectivity index (χ2n) is 6.41. The van der Waals surface area contributed by atoms with Gasteiger partial charge in [0.2, 0.25) is 5.89 Å². The molecule has 0 atom stereocenters. The van der Waals surface area contributed by atoms with Gasteiger partial charge in [-0.05, 0) is 66.9 Å². The van der Waals surface area contributed by atoms with E-state index < -0.39 is 0 Å². The van der Waals surface area contributed by atoms with Crippen LogP contribution in [0.3, 0.4) is 0 Å². The lowest BCUT2D eigenvalue weighted by atomic mass is 10.0. The maximum Gasteiger partial charge on any atom is 0.336 e. The third-order valence-corrected chi connectivity index (χ3v) is 5.41. The molecule has 28 heavy (non-hydrogen) atoms. The molecule has 0 aliphatic heterocycles. The minimum atomic E-state index is -0.365. The summed E-state index contributed by atoms with van der Waals surface area (Å²) < 4.78 is 16.2. The molecule has 0 amide bonds. The number of thioether (sulfide) groups is 1. The minimum absolute atomic E-state index is 0.365. The van der Waals surface area contributed by atoms with Gasteiger partial charge in [0.05, 0.1) is 7.11 Å². The van der Waals surface area contributed by atoms with Crippen LogP contribution < -0.4 is 10.4 Å². The lowest BCUT2D eigenvalue weighted by Crippen LogP contribution is -2.00. The molecular formula is C21H18N2O4S. The summed E-state index contributed by atoms with van der Waals surface area (Å²) >= 11 is 1.38. The molecule has 4 aromatic rings. The predicted octanol–water partition coefficient (Wildman–Crippen LogP) is 4.76. The van der Waals surface area contributed by atoms with Crippen molar-refractivity contribution in [2.75, 3.05) is 7.11 Å². The first-order valence-electron chi connectivity index (χ1n) is 8.68. The van der Waals surface area contributed by atoms with Crippen molar-refractivity contribution in [3.05, 3.63) is 69.6 Å². The van der Waals surface area contributed by atoms with Crippen LogP contribution in [0.15, 0.2) is 61.3 Å². The molecule has 0 spiro atoms. The van der Waals surface area contributed by atoms with Gasteiger partial charge in [-0.25, -0.2) is 4.79 Å². The predicted molar refractivity (Wildman–Crippen MR) is 108 cm³/mol. The summed E-state index contributed by atoms with van der Waals surface area (Å²) in [6.45, 7) is 4.03. The molecule has 0 bridgehead atoms. The monoisotopic (exact) mass is 394 g/mol. The van der Waals surface area contributed by atoms with Gasteiger partial charge in [-0.1, -0.05) is 11.8 Å². The van der Waals surface area contributed by atoms with Gasteiger partial charge >= 0.3 is 5.63 Å². The fourth-order valence-electron chi connectivity index (χ4n) is 2.86. The Morgan fingerprint density at radius 3 is 2.50 bits per heavy atom. The van der Waals surface area contributed by atoms with Gasteiger partial charge in [-0.2, -0.15) is 0 Å². The highest BCUT2D eigenvalue weighted by Gasteiger charge is 2.12. The fourth-order valence-corrected chi connectivity index (χ4v) is 3.61. The molecule has 0 unspecified atom stereocenters. The summed E-state index contributed by atoms with van der Waals surface area (Å²) in [5.74, 6) is 1.72. The SMILES string of the molecule is COc1ccc(-c2nnc(SCc3cc(=O)oc4cc(C)c(C)cc34)o2)cc1. The number of hydrogen-bond acceptors (Lipinski definition) is 7. The Labute approximate surface area is 165 Å². The van der Waals surface area contributed by atoms with Crippen LogP contribution in [0.2, 0.25) is 0 Å². The zero-order chi connectivity index (χ0) is 19.7. The first kappa shape index (κ1) is 18.3. The molecular weight excluding hydrogens is 376 g/mol. The average Bonchev–Trinajstić information content (AvgIpc) is 3.16. The van der Waals surface area contributed by atoms with E-state index in [1.54, 1.807) is 7.11 Å². The molecule has 0 aliphatic carbocycles. The highest BCUT2D eigenvalue weighted by atomic mass is 32.2. The number of aromatic nitrogens is 2. The summed E-state index contributed by atoms with van der Waals surface area (Å²) in [5.41, 5.74) is 4.15. The standard InChI is InChI=1S/C21H18N2O4S/c1-12-8-17-15(10-19(24)26-18(17)9-13(12)2)11-28-21-23-22-20(27-21)14-4-6-16(25-3)7-5-14/h4-10H,11H2,1-3H3. The molecule has 0 saturated carbocycles. The molecule has 0 aliphatic rings. The third kappa shape index (κ3) is 3.66. The molecule has 0 fully saturated rings. The van der Waals surface area contributed by atoms with Crippen LogP contribution in [0.1, 0.15) is 16.7 Å². The first-order valence-corrected chi connectivity index (χ1v) is 9.67. The zero-order valence-electron chi connectivity index (χ0n) is 15.7. The molecule has 2 aromatic carbocycles. The minimum Gasteiger partial charge on any atom is -0.497 e. The van der Waals surface area contributed by atoms with E-state index in [1.165, 1.54) is 17.8 Å². The summed E-state index contributed by atoms with van der Waals surface area (Å²) in [7, 11) is 1.62. The van der Waals surface area contributed by atoms with E-state index in [-0.39, 0.29) is 5.63 Å². The molecule has 2 heterocycles. The van der Waals surface area contributed by atoms with Crippen molar-refractivity contribution in [2.45, 2.75) is 24.8 Å². The molecule has 2 aromatic heterocycles. The van der Waals surface area contributed by atoms with Crippen molar-refractivity contribution >= 4 is 22.7 Å². The number of nitrogens with zero attached hydrogens (tertiary/aromatic N) is 2.